The summed E-state index contributed by atoms with van der Waals surface area (Å²) in [5.74, 6) is -0.397. The number of piperazine rings is 1. The number of nitrogens with zero attached hydrogens (tertiary/aromatic N) is 3. The average Bonchev–Trinajstić information content (AvgIpc) is 2.74. The molecule has 29 heavy (non-hydrogen) atoms. The molecule has 1 fully saturated rings. The summed E-state index contributed by atoms with van der Waals surface area (Å²) in [5.41, 5.74) is 2.11. The van der Waals surface area contributed by atoms with Crippen LogP contribution in [0.3, 0.4) is 0 Å². The maximum atomic E-state index is 13.0. The normalized spacial score (nSPS) is 14.3. The second-order valence-corrected chi connectivity index (χ2v) is 7.40. The molecule has 1 aromatic heterocycles. The lowest BCUT2D eigenvalue weighted by atomic mass is 10.1. The minimum absolute atomic E-state index is 0.0163. The van der Waals surface area contributed by atoms with Gasteiger partial charge in [0.25, 0.3) is 5.91 Å². The number of benzene rings is 2. The van der Waals surface area contributed by atoms with Crippen molar-refractivity contribution in [2.45, 2.75) is 6.42 Å². The fourth-order valence-corrected chi connectivity index (χ4v) is 3.62. The van der Waals surface area contributed by atoms with Gasteiger partial charge < -0.3 is 9.80 Å². The van der Waals surface area contributed by atoms with E-state index in [0.29, 0.717) is 36.9 Å². The van der Waals surface area contributed by atoms with E-state index in [4.69, 9.17) is 11.6 Å². The van der Waals surface area contributed by atoms with Crippen LogP contribution in [0.2, 0.25) is 5.15 Å². The van der Waals surface area contributed by atoms with Crippen LogP contribution in [-0.4, -0.2) is 52.8 Å². The highest BCUT2D eigenvalue weighted by Gasteiger charge is 2.25. The van der Waals surface area contributed by atoms with Crippen molar-refractivity contribution in [3.05, 3.63) is 76.7 Å². The number of rotatable bonds is 3. The van der Waals surface area contributed by atoms with E-state index in [-0.39, 0.29) is 24.1 Å². The fourth-order valence-electron chi connectivity index (χ4n) is 3.46. The van der Waals surface area contributed by atoms with Crippen LogP contribution < -0.4 is 0 Å². The zero-order valence-corrected chi connectivity index (χ0v) is 16.4. The van der Waals surface area contributed by atoms with Crippen LogP contribution in [0, 0.1) is 5.82 Å². The van der Waals surface area contributed by atoms with Crippen molar-refractivity contribution in [1.29, 1.82) is 0 Å². The molecule has 2 aromatic carbocycles. The molecular weight excluding hydrogens is 393 g/mol. The number of fused-ring (bicyclic) bond motifs is 1. The lowest BCUT2D eigenvalue weighted by Gasteiger charge is -2.35. The maximum Gasteiger partial charge on any atom is 0.253 e. The third-order valence-corrected chi connectivity index (χ3v) is 5.30. The number of amides is 2. The number of aromatic nitrogens is 1. The van der Waals surface area contributed by atoms with Crippen LogP contribution in [0.1, 0.15) is 15.9 Å². The Morgan fingerprint density at radius 1 is 0.931 bits per heavy atom. The van der Waals surface area contributed by atoms with Gasteiger partial charge in [0, 0.05) is 37.1 Å². The molecule has 3 aromatic rings. The Bertz CT molecular complexity index is 1060. The van der Waals surface area contributed by atoms with Gasteiger partial charge in [0.1, 0.15) is 11.0 Å². The third-order valence-electron chi connectivity index (χ3n) is 5.09. The Hall–Kier alpha value is -2.99. The van der Waals surface area contributed by atoms with Crippen molar-refractivity contribution in [3.63, 3.8) is 0 Å². The lowest BCUT2D eigenvalue weighted by molar-refractivity contribution is -0.131. The van der Waals surface area contributed by atoms with Gasteiger partial charge in [-0.1, -0.05) is 23.7 Å². The summed E-state index contributed by atoms with van der Waals surface area (Å²) in [5, 5.41) is 1.27. The number of carbonyl (C=O) groups is 2. The summed E-state index contributed by atoms with van der Waals surface area (Å²) in [4.78, 5) is 33.1. The molecule has 0 aliphatic carbocycles. The zero-order valence-electron chi connectivity index (χ0n) is 15.6. The van der Waals surface area contributed by atoms with Crippen molar-refractivity contribution >= 4 is 34.3 Å². The number of pyridine rings is 1. The van der Waals surface area contributed by atoms with Gasteiger partial charge in [-0.3, -0.25) is 9.59 Å². The molecule has 2 amide bonds. The molecule has 5 nitrogen and oxygen atoms in total. The van der Waals surface area contributed by atoms with Crippen molar-refractivity contribution in [1.82, 2.24) is 14.8 Å². The van der Waals surface area contributed by atoms with Crippen molar-refractivity contribution in [2.24, 2.45) is 0 Å². The predicted octanol–water partition coefficient (Wildman–Crippen LogP) is 3.55. The average molecular weight is 412 g/mol. The first kappa shape index (κ1) is 19.3. The second kappa shape index (κ2) is 8.17. The van der Waals surface area contributed by atoms with Crippen molar-refractivity contribution in [2.75, 3.05) is 26.2 Å². The molecule has 0 spiro atoms. The molecule has 0 atom stereocenters. The SMILES string of the molecule is O=C(Cc1ccc(F)cc1)N1CCN(C(=O)c2ccc3nc(Cl)ccc3c2)CC1. The monoisotopic (exact) mass is 411 g/mol. The van der Waals surface area contributed by atoms with E-state index < -0.39 is 0 Å². The molecule has 0 bridgehead atoms. The maximum absolute atomic E-state index is 13.0. The Morgan fingerprint density at radius 2 is 1.62 bits per heavy atom. The van der Waals surface area contributed by atoms with Crippen LogP contribution in [0.5, 0.6) is 0 Å². The van der Waals surface area contributed by atoms with E-state index in [9.17, 15) is 14.0 Å². The van der Waals surface area contributed by atoms with Gasteiger partial charge in [-0.05, 0) is 48.0 Å². The number of hydrogen-bond acceptors (Lipinski definition) is 3. The van der Waals surface area contributed by atoms with E-state index in [1.165, 1.54) is 12.1 Å². The van der Waals surface area contributed by atoms with E-state index in [0.717, 1.165) is 16.5 Å². The van der Waals surface area contributed by atoms with Crippen LogP contribution >= 0.6 is 11.6 Å². The van der Waals surface area contributed by atoms with Crippen LogP contribution in [-0.2, 0) is 11.2 Å². The summed E-state index contributed by atoms with van der Waals surface area (Å²) in [6, 6.07) is 14.8. The number of carbonyl (C=O) groups excluding carboxylic acids is 2. The first-order valence-corrected chi connectivity index (χ1v) is 9.75. The highest BCUT2D eigenvalue weighted by Crippen LogP contribution is 2.19. The molecule has 4 rings (SSSR count). The Morgan fingerprint density at radius 3 is 2.34 bits per heavy atom. The van der Waals surface area contributed by atoms with Gasteiger partial charge in [0.15, 0.2) is 0 Å². The van der Waals surface area contributed by atoms with Gasteiger partial charge in [-0.15, -0.1) is 0 Å². The molecule has 1 aliphatic rings. The summed E-state index contributed by atoms with van der Waals surface area (Å²) in [6.07, 6.45) is 0.231. The third kappa shape index (κ3) is 4.38. The number of hydrogen-bond donors (Lipinski definition) is 0. The van der Waals surface area contributed by atoms with Crippen LogP contribution in [0.15, 0.2) is 54.6 Å². The molecular formula is C22H19ClFN3O2. The Labute approximate surface area is 172 Å². The lowest BCUT2D eigenvalue weighted by Crippen LogP contribution is -2.51. The number of halogens is 2. The molecule has 148 valence electrons. The summed E-state index contributed by atoms with van der Waals surface area (Å²) < 4.78 is 13.0. The molecule has 0 radical (unpaired) electrons. The molecule has 1 saturated heterocycles. The van der Waals surface area contributed by atoms with Gasteiger partial charge >= 0.3 is 0 Å². The van der Waals surface area contributed by atoms with Gasteiger partial charge in [-0.25, -0.2) is 9.37 Å². The van der Waals surface area contributed by atoms with Crippen molar-refractivity contribution in [3.8, 4) is 0 Å². The first-order valence-electron chi connectivity index (χ1n) is 9.37. The van der Waals surface area contributed by atoms with Crippen LogP contribution in [0.4, 0.5) is 4.39 Å². The smallest absolute Gasteiger partial charge is 0.253 e. The molecule has 2 heterocycles. The molecule has 0 saturated carbocycles. The first-order chi connectivity index (χ1) is 14.0. The van der Waals surface area contributed by atoms with Crippen molar-refractivity contribution < 1.29 is 14.0 Å². The molecule has 0 unspecified atom stereocenters. The topological polar surface area (TPSA) is 53.5 Å². The minimum atomic E-state index is -0.319. The van der Waals surface area contributed by atoms with E-state index in [2.05, 4.69) is 4.98 Å². The summed E-state index contributed by atoms with van der Waals surface area (Å²) >= 11 is 5.90. The van der Waals surface area contributed by atoms with Gasteiger partial charge in [0.05, 0.1) is 11.9 Å². The van der Waals surface area contributed by atoms with Crippen LogP contribution in [0.25, 0.3) is 10.9 Å². The summed E-state index contributed by atoms with van der Waals surface area (Å²) in [7, 11) is 0. The highest BCUT2D eigenvalue weighted by molar-refractivity contribution is 6.29. The highest BCUT2D eigenvalue weighted by atomic mass is 35.5. The Kier molecular flexibility index (Phi) is 5.45. The van der Waals surface area contributed by atoms with E-state index in [1.54, 1.807) is 40.1 Å². The van der Waals surface area contributed by atoms with E-state index in [1.807, 2.05) is 12.1 Å². The minimum Gasteiger partial charge on any atom is -0.339 e. The Balaban J connectivity index is 1.37. The molecule has 0 N–H and O–H groups in total. The predicted molar refractivity (Wildman–Crippen MR) is 109 cm³/mol. The largest absolute Gasteiger partial charge is 0.339 e. The standard InChI is InChI=1S/C22H19ClFN3O2/c23-20-8-4-16-14-17(3-7-19(16)25-20)22(29)27-11-9-26(10-12-27)21(28)13-15-1-5-18(24)6-2-15/h1-8,14H,9-13H2. The zero-order chi connectivity index (χ0) is 20.4. The van der Waals surface area contributed by atoms with E-state index >= 15 is 0 Å². The molecule has 1 aliphatic heterocycles. The van der Waals surface area contributed by atoms with Gasteiger partial charge in [-0.2, -0.15) is 0 Å². The van der Waals surface area contributed by atoms with Gasteiger partial charge in [0.2, 0.25) is 5.91 Å². The fraction of sp³-hybridized carbons (Fsp3) is 0.227. The molecule has 7 heteroatoms. The summed E-state index contributed by atoms with van der Waals surface area (Å²) in [6.45, 7) is 1.92. The second-order valence-electron chi connectivity index (χ2n) is 7.02. The quantitative estimate of drug-likeness (QED) is 0.619.